The molecule has 15 nitrogen and oxygen atoms in total. The number of nitrogens with zero attached hydrogens (tertiary/aromatic N) is 5. The predicted molar refractivity (Wildman–Crippen MR) is 237 cm³/mol. The molecule has 320 valence electrons. The summed E-state index contributed by atoms with van der Waals surface area (Å²) in [5, 5.41) is 6.31. The molecule has 2 fully saturated rings. The van der Waals surface area contributed by atoms with E-state index >= 15 is 0 Å². The van der Waals surface area contributed by atoms with E-state index in [0.29, 0.717) is 35.9 Å². The highest BCUT2D eigenvalue weighted by Crippen LogP contribution is 2.38. The van der Waals surface area contributed by atoms with Gasteiger partial charge in [0.1, 0.15) is 28.7 Å². The lowest BCUT2D eigenvalue weighted by atomic mass is 10.1. The average molecular weight is 864 g/mol. The molecule has 0 spiro atoms. The molecular formula is C47H45N9O6S. The molecular weight excluding hydrogens is 819 g/mol. The van der Waals surface area contributed by atoms with Crippen LogP contribution in [0, 0.1) is 0 Å². The molecule has 2 aliphatic rings. The summed E-state index contributed by atoms with van der Waals surface area (Å²) in [6.07, 6.45) is 5.34. The Bertz CT molecular complexity index is 2750. The molecule has 0 radical (unpaired) electrons. The first kappa shape index (κ1) is 41.0. The highest BCUT2D eigenvalue weighted by molar-refractivity contribution is 7.21. The molecule has 4 atom stereocenters. The number of H-pyrrole nitrogens is 2. The van der Waals surface area contributed by atoms with E-state index in [1.165, 1.54) is 14.2 Å². The summed E-state index contributed by atoms with van der Waals surface area (Å²) in [4.78, 5) is 77.3. The number of fused-ring (bicyclic) bond motifs is 1. The van der Waals surface area contributed by atoms with E-state index in [1.54, 1.807) is 33.5 Å². The van der Waals surface area contributed by atoms with Crippen LogP contribution < -0.4 is 10.6 Å². The summed E-state index contributed by atoms with van der Waals surface area (Å²) in [7, 11) is 2.56. The number of methoxy groups -OCH3 is 2. The number of thiazole rings is 1. The molecule has 9 rings (SSSR count). The number of amides is 4. The molecule has 3 aromatic heterocycles. The number of rotatable bonds is 11. The number of aromatic amines is 2. The number of carbonyl (C=O) groups is 4. The molecule has 2 aliphatic heterocycles. The van der Waals surface area contributed by atoms with Crippen LogP contribution in [0.25, 0.3) is 43.3 Å². The van der Waals surface area contributed by atoms with E-state index in [0.717, 1.165) is 69.0 Å². The maximum Gasteiger partial charge on any atom is 0.407 e. The number of imidazole rings is 2. The number of nitrogens with one attached hydrogen (secondary N) is 4. The third-order valence-corrected chi connectivity index (χ3v) is 12.8. The van der Waals surface area contributed by atoms with Crippen molar-refractivity contribution in [1.29, 1.82) is 0 Å². The SMILES string of the molecule is COC(=O)NC(C(=O)N1CCCC1c1ncc(-c2ccc(-c3nc4ccc(-c5cnc(C6CCCN6C(=O)C(NC(=O)OC)c6ccccc6)[nH]5)cc4s3)cc2)[nH]1)c1ccccc1. The van der Waals surface area contributed by atoms with Crippen LogP contribution in [0.4, 0.5) is 9.59 Å². The maximum atomic E-state index is 14.0. The lowest BCUT2D eigenvalue weighted by molar-refractivity contribution is -0.135. The Labute approximate surface area is 366 Å². The quantitative estimate of drug-likeness (QED) is 0.0993. The zero-order valence-corrected chi connectivity index (χ0v) is 35.4. The summed E-state index contributed by atoms with van der Waals surface area (Å²) < 4.78 is 10.7. The van der Waals surface area contributed by atoms with Gasteiger partial charge in [-0.15, -0.1) is 11.3 Å². The van der Waals surface area contributed by atoms with Gasteiger partial charge in [-0.1, -0.05) is 91.0 Å². The van der Waals surface area contributed by atoms with Crippen LogP contribution >= 0.6 is 11.3 Å². The summed E-state index contributed by atoms with van der Waals surface area (Å²) in [5.74, 6) is 0.938. The van der Waals surface area contributed by atoms with E-state index in [-0.39, 0.29) is 23.9 Å². The Morgan fingerprint density at radius 1 is 0.651 bits per heavy atom. The summed E-state index contributed by atoms with van der Waals surface area (Å²) in [6.45, 7) is 1.09. The molecule has 4 aromatic carbocycles. The van der Waals surface area contributed by atoms with Gasteiger partial charge in [0.2, 0.25) is 0 Å². The Balaban J connectivity index is 0.884. The van der Waals surface area contributed by atoms with Crippen LogP contribution in [-0.2, 0) is 19.1 Å². The molecule has 4 amide bonds. The van der Waals surface area contributed by atoms with Crippen molar-refractivity contribution in [2.24, 2.45) is 0 Å². The molecule has 5 heterocycles. The zero-order valence-electron chi connectivity index (χ0n) is 34.6. The van der Waals surface area contributed by atoms with Crippen molar-refractivity contribution in [3.63, 3.8) is 0 Å². The first-order valence-electron chi connectivity index (χ1n) is 20.8. The lowest BCUT2D eigenvalue weighted by Crippen LogP contribution is -2.42. The highest BCUT2D eigenvalue weighted by Gasteiger charge is 2.38. The molecule has 0 aliphatic carbocycles. The number of ether oxygens (including phenoxy) is 2. The van der Waals surface area contributed by atoms with Gasteiger partial charge in [-0.25, -0.2) is 24.5 Å². The van der Waals surface area contributed by atoms with E-state index < -0.39 is 24.3 Å². The van der Waals surface area contributed by atoms with Crippen molar-refractivity contribution in [3.05, 3.63) is 138 Å². The standard InChI is InChI=1S/C47H45N9O6S/c1-61-46(59)53-39(29-11-5-3-6-12-29)44(57)55-23-9-15-36(55)41-48-26-34(50-41)28-17-19-31(20-18-28)43-52-33-22-21-32(25-38(33)63-43)35-27-49-42(51-35)37-16-10-24-56(37)45(58)40(54-47(60)62-2)30-13-7-4-8-14-30/h3-8,11-14,17-22,25-27,36-37,39-40H,9-10,15-16,23-24H2,1-2H3,(H,48,50)(H,49,51)(H,53,59)(H,54,60). The Hall–Kier alpha value is -7.33. The Kier molecular flexibility index (Phi) is 11.7. The van der Waals surface area contributed by atoms with Crippen molar-refractivity contribution in [2.75, 3.05) is 27.3 Å². The summed E-state index contributed by atoms with van der Waals surface area (Å²) in [5.41, 5.74) is 6.75. The van der Waals surface area contributed by atoms with Crippen LogP contribution in [0.3, 0.4) is 0 Å². The number of benzene rings is 4. The maximum absolute atomic E-state index is 14.0. The van der Waals surface area contributed by atoms with Gasteiger partial charge in [-0.2, -0.15) is 0 Å². The molecule has 0 saturated carbocycles. The van der Waals surface area contributed by atoms with Gasteiger partial charge < -0.3 is 39.9 Å². The summed E-state index contributed by atoms with van der Waals surface area (Å²) in [6, 6.07) is 30.3. The van der Waals surface area contributed by atoms with Crippen LogP contribution in [0.2, 0.25) is 0 Å². The Morgan fingerprint density at radius 2 is 1.13 bits per heavy atom. The normalized spacial score (nSPS) is 17.0. The highest BCUT2D eigenvalue weighted by atomic mass is 32.1. The van der Waals surface area contributed by atoms with Crippen LogP contribution in [0.1, 0.15) is 72.6 Å². The molecule has 4 N–H and O–H groups in total. The third-order valence-electron chi connectivity index (χ3n) is 11.7. The van der Waals surface area contributed by atoms with Crippen molar-refractivity contribution >= 4 is 45.6 Å². The minimum absolute atomic E-state index is 0.220. The van der Waals surface area contributed by atoms with Gasteiger partial charge in [-0.05, 0) is 54.5 Å². The second kappa shape index (κ2) is 17.9. The smallest absolute Gasteiger partial charge is 0.407 e. The number of aromatic nitrogens is 5. The second-order valence-corrected chi connectivity index (χ2v) is 16.5. The van der Waals surface area contributed by atoms with Crippen molar-refractivity contribution in [3.8, 4) is 33.1 Å². The number of hydrogen-bond donors (Lipinski definition) is 4. The molecule has 63 heavy (non-hydrogen) atoms. The molecule has 2 saturated heterocycles. The van der Waals surface area contributed by atoms with Crippen LogP contribution in [0.15, 0.2) is 116 Å². The van der Waals surface area contributed by atoms with Gasteiger partial charge in [-0.3, -0.25) is 9.59 Å². The van der Waals surface area contributed by atoms with Crippen molar-refractivity contribution < 1.29 is 28.7 Å². The Morgan fingerprint density at radius 3 is 1.63 bits per heavy atom. The molecule has 7 aromatic rings. The molecule has 0 bridgehead atoms. The fourth-order valence-corrected chi connectivity index (χ4v) is 9.50. The van der Waals surface area contributed by atoms with Crippen LogP contribution in [-0.4, -0.2) is 86.0 Å². The number of alkyl carbamates (subject to hydrolysis) is 2. The second-order valence-electron chi connectivity index (χ2n) is 15.5. The number of hydrogen-bond acceptors (Lipinski definition) is 10. The largest absolute Gasteiger partial charge is 0.453 e. The lowest BCUT2D eigenvalue weighted by Gasteiger charge is -2.28. The van der Waals surface area contributed by atoms with Crippen molar-refractivity contribution in [1.82, 2.24) is 45.4 Å². The van der Waals surface area contributed by atoms with Gasteiger partial charge >= 0.3 is 12.2 Å². The van der Waals surface area contributed by atoms with E-state index in [9.17, 15) is 19.2 Å². The van der Waals surface area contributed by atoms with Gasteiger partial charge in [0, 0.05) is 24.2 Å². The van der Waals surface area contributed by atoms with Crippen LogP contribution in [0.5, 0.6) is 0 Å². The third kappa shape index (κ3) is 8.49. The van der Waals surface area contributed by atoms with Crippen molar-refractivity contribution in [2.45, 2.75) is 49.9 Å². The number of likely N-dealkylation sites (tertiary alicyclic amines) is 2. The first-order chi connectivity index (χ1) is 30.8. The molecule has 16 heteroatoms. The van der Waals surface area contributed by atoms with E-state index in [1.807, 2.05) is 97.1 Å². The topological polar surface area (TPSA) is 188 Å². The first-order valence-corrected chi connectivity index (χ1v) is 21.6. The fraction of sp³-hybridized carbons (Fsp3) is 0.255. The van der Waals surface area contributed by atoms with E-state index in [2.05, 4.69) is 26.7 Å². The molecule has 4 unspecified atom stereocenters. The minimum Gasteiger partial charge on any atom is -0.453 e. The predicted octanol–water partition coefficient (Wildman–Crippen LogP) is 8.27. The summed E-state index contributed by atoms with van der Waals surface area (Å²) >= 11 is 1.60. The van der Waals surface area contributed by atoms with Gasteiger partial charge in [0.05, 0.1) is 60.3 Å². The minimum atomic E-state index is -0.892. The fourth-order valence-electron chi connectivity index (χ4n) is 8.49. The number of carbonyl (C=O) groups excluding carboxylic acids is 4. The average Bonchev–Trinajstić information content (AvgIpc) is 4.19. The monoisotopic (exact) mass is 863 g/mol. The van der Waals surface area contributed by atoms with Gasteiger partial charge in [0.15, 0.2) is 0 Å². The zero-order chi connectivity index (χ0) is 43.5. The van der Waals surface area contributed by atoms with Gasteiger partial charge in [0.25, 0.3) is 11.8 Å². The van der Waals surface area contributed by atoms with E-state index in [4.69, 9.17) is 24.4 Å².